The summed E-state index contributed by atoms with van der Waals surface area (Å²) < 4.78 is 1.58. The molecule has 0 radical (unpaired) electrons. The summed E-state index contributed by atoms with van der Waals surface area (Å²) >= 11 is 0. The average Bonchev–Trinajstić information content (AvgIpc) is 2.30. The van der Waals surface area contributed by atoms with Crippen LogP contribution in [0, 0.1) is 24.7 Å². The van der Waals surface area contributed by atoms with Gasteiger partial charge in [-0.05, 0) is 5.92 Å². The molecule has 1 aromatic rings. The molecule has 0 unspecified atom stereocenters. The Bertz CT molecular complexity index is 320. The number of aromatic nitrogens is 2. The Kier molecular flexibility index (Phi) is 1.48. The molecule has 0 aliphatic heterocycles. The van der Waals surface area contributed by atoms with E-state index in [1.807, 2.05) is 0 Å². The molecule has 0 aromatic carbocycles. The second-order valence-electron chi connectivity index (χ2n) is 1.82. The van der Waals surface area contributed by atoms with Gasteiger partial charge in [0.2, 0.25) is 0 Å². The SMILES string of the molecule is C#Cc1cnn(C)c1C#C. The predicted octanol–water partition coefficient (Wildman–Crippen LogP) is 0.383. The maximum absolute atomic E-state index is 5.17. The number of aryl methyl sites for hydroxylation is 1. The Balaban J connectivity index is 3.34. The van der Waals surface area contributed by atoms with E-state index in [9.17, 15) is 0 Å². The van der Waals surface area contributed by atoms with Crippen molar-refractivity contribution in [1.29, 1.82) is 0 Å². The van der Waals surface area contributed by atoms with Crippen molar-refractivity contribution in [3.8, 4) is 24.7 Å². The lowest BCUT2D eigenvalue weighted by atomic mass is 10.3. The lowest BCUT2D eigenvalue weighted by molar-refractivity contribution is 0.757. The van der Waals surface area contributed by atoms with Gasteiger partial charge in [0.15, 0.2) is 0 Å². The molecule has 0 bridgehead atoms. The van der Waals surface area contributed by atoms with Gasteiger partial charge in [0.1, 0.15) is 5.69 Å². The van der Waals surface area contributed by atoms with Gasteiger partial charge in [-0.2, -0.15) is 5.10 Å². The second kappa shape index (κ2) is 2.29. The number of rotatable bonds is 0. The van der Waals surface area contributed by atoms with Gasteiger partial charge in [-0.3, -0.25) is 4.68 Å². The van der Waals surface area contributed by atoms with Crippen LogP contribution in [0.1, 0.15) is 11.3 Å². The van der Waals surface area contributed by atoms with Crippen LogP contribution in [0.5, 0.6) is 0 Å². The number of nitrogens with zero attached hydrogens (tertiary/aromatic N) is 2. The van der Waals surface area contributed by atoms with Gasteiger partial charge in [0.25, 0.3) is 0 Å². The van der Waals surface area contributed by atoms with Gasteiger partial charge in [-0.1, -0.05) is 5.92 Å². The Morgan fingerprint density at radius 3 is 2.60 bits per heavy atom. The quantitative estimate of drug-likeness (QED) is 0.464. The van der Waals surface area contributed by atoms with E-state index < -0.39 is 0 Å². The van der Waals surface area contributed by atoms with Crippen LogP contribution in [0.15, 0.2) is 6.20 Å². The van der Waals surface area contributed by atoms with Crippen molar-refractivity contribution in [1.82, 2.24) is 9.78 Å². The highest BCUT2D eigenvalue weighted by atomic mass is 15.3. The maximum Gasteiger partial charge on any atom is 0.126 e. The molecule has 0 N–H and O–H groups in total. The van der Waals surface area contributed by atoms with Crippen LogP contribution in [0.25, 0.3) is 0 Å². The van der Waals surface area contributed by atoms with E-state index in [4.69, 9.17) is 12.8 Å². The molecular formula is C8H6N2. The highest BCUT2D eigenvalue weighted by molar-refractivity contribution is 5.43. The Morgan fingerprint density at radius 1 is 1.50 bits per heavy atom. The third-order valence-electron chi connectivity index (χ3n) is 1.23. The minimum atomic E-state index is 0.655. The number of terminal acetylenes is 2. The summed E-state index contributed by atoms with van der Waals surface area (Å²) in [4.78, 5) is 0. The maximum atomic E-state index is 5.17. The minimum absolute atomic E-state index is 0.655. The van der Waals surface area contributed by atoms with Crippen LogP contribution in [-0.2, 0) is 7.05 Å². The van der Waals surface area contributed by atoms with Crippen LogP contribution in [-0.4, -0.2) is 9.78 Å². The first kappa shape index (κ1) is 6.45. The molecule has 0 aliphatic carbocycles. The fraction of sp³-hybridized carbons (Fsp3) is 0.125. The fourth-order valence-corrected chi connectivity index (χ4v) is 0.714. The van der Waals surface area contributed by atoms with Gasteiger partial charge >= 0.3 is 0 Å². The summed E-state index contributed by atoms with van der Waals surface area (Å²) in [7, 11) is 1.76. The molecule has 2 nitrogen and oxygen atoms in total. The Morgan fingerprint density at radius 2 is 2.20 bits per heavy atom. The first-order valence-corrected chi connectivity index (χ1v) is 2.75. The third-order valence-corrected chi connectivity index (χ3v) is 1.23. The molecule has 0 aliphatic rings. The Labute approximate surface area is 59.9 Å². The smallest absolute Gasteiger partial charge is 0.126 e. The monoisotopic (exact) mass is 130 g/mol. The summed E-state index contributed by atoms with van der Waals surface area (Å²) in [6.45, 7) is 0. The summed E-state index contributed by atoms with van der Waals surface area (Å²) in [6, 6.07) is 0. The molecule has 0 amide bonds. The molecule has 1 rings (SSSR count). The predicted molar refractivity (Wildman–Crippen MR) is 39.1 cm³/mol. The topological polar surface area (TPSA) is 17.8 Å². The average molecular weight is 130 g/mol. The van der Waals surface area contributed by atoms with Crippen LogP contribution in [0.3, 0.4) is 0 Å². The number of hydrogen-bond donors (Lipinski definition) is 0. The molecule has 1 heterocycles. The van der Waals surface area contributed by atoms with E-state index in [0.717, 1.165) is 0 Å². The zero-order valence-corrected chi connectivity index (χ0v) is 5.63. The van der Waals surface area contributed by atoms with Crippen molar-refractivity contribution in [2.24, 2.45) is 7.05 Å². The lowest BCUT2D eigenvalue weighted by Gasteiger charge is -1.89. The summed E-state index contributed by atoms with van der Waals surface area (Å²) in [5, 5.41) is 3.89. The molecule has 0 saturated heterocycles. The first-order chi connectivity index (χ1) is 4.79. The van der Waals surface area contributed by atoms with E-state index >= 15 is 0 Å². The van der Waals surface area contributed by atoms with Crippen molar-refractivity contribution in [2.75, 3.05) is 0 Å². The summed E-state index contributed by atoms with van der Waals surface area (Å²) in [5.74, 6) is 4.89. The molecule has 1 aromatic heterocycles. The van der Waals surface area contributed by atoms with Crippen molar-refractivity contribution in [2.45, 2.75) is 0 Å². The molecule has 0 atom stereocenters. The van der Waals surface area contributed by atoms with Crippen LogP contribution >= 0.6 is 0 Å². The highest BCUT2D eigenvalue weighted by Gasteiger charge is 2.00. The van der Waals surface area contributed by atoms with Gasteiger partial charge < -0.3 is 0 Å². The summed E-state index contributed by atoms with van der Waals surface area (Å²) in [6.07, 6.45) is 11.9. The minimum Gasteiger partial charge on any atom is -0.259 e. The highest BCUT2D eigenvalue weighted by Crippen LogP contribution is 2.02. The fourth-order valence-electron chi connectivity index (χ4n) is 0.714. The lowest BCUT2D eigenvalue weighted by Crippen LogP contribution is -1.93. The van der Waals surface area contributed by atoms with Crippen molar-refractivity contribution in [3.63, 3.8) is 0 Å². The standard InChI is InChI=1S/C8H6N2/c1-4-7-6-9-10(3)8(7)5-2/h1-2,6H,3H3. The second-order valence-corrected chi connectivity index (χ2v) is 1.82. The zero-order chi connectivity index (χ0) is 7.56. The molecule has 0 saturated carbocycles. The zero-order valence-electron chi connectivity index (χ0n) is 5.63. The number of hydrogen-bond acceptors (Lipinski definition) is 1. The van der Waals surface area contributed by atoms with Crippen molar-refractivity contribution < 1.29 is 0 Å². The van der Waals surface area contributed by atoms with Crippen LogP contribution < -0.4 is 0 Å². The van der Waals surface area contributed by atoms with E-state index in [-0.39, 0.29) is 0 Å². The van der Waals surface area contributed by atoms with E-state index in [1.54, 1.807) is 17.9 Å². The normalized spacial score (nSPS) is 8.30. The van der Waals surface area contributed by atoms with Gasteiger partial charge in [0.05, 0.1) is 11.8 Å². The van der Waals surface area contributed by atoms with Crippen molar-refractivity contribution >= 4 is 0 Å². The first-order valence-electron chi connectivity index (χ1n) is 2.75. The molecule has 0 spiro atoms. The van der Waals surface area contributed by atoms with Crippen molar-refractivity contribution in [3.05, 3.63) is 17.5 Å². The third kappa shape index (κ3) is 0.765. The Hall–Kier alpha value is -1.67. The molecule has 0 fully saturated rings. The van der Waals surface area contributed by atoms with Gasteiger partial charge in [0, 0.05) is 7.05 Å². The van der Waals surface area contributed by atoms with Crippen LogP contribution in [0.2, 0.25) is 0 Å². The van der Waals surface area contributed by atoms with Crippen LogP contribution in [0.4, 0.5) is 0 Å². The van der Waals surface area contributed by atoms with E-state index in [0.29, 0.717) is 11.3 Å². The molecule has 10 heavy (non-hydrogen) atoms. The van der Waals surface area contributed by atoms with Gasteiger partial charge in [-0.25, -0.2) is 0 Å². The molecule has 48 valence electrons. The van der Waals surface area contributed by atoms with E-state index in [1.165, 1.54) is 0 Å². The molecular weight excluding hydrogens is 124 g/mol. The van der Waals surface area contributed by atoms with Gasteiger partial charge in [-0.15, -0.1) is 12.8 Å². The van der Waals surface area contributed by atoms with E-state index in [2.05, 4.69) is 16.9 Å². The largest absolute Gasteiger partial charge is 0.259 e. The summed E-state index contributed by atoms with van der Waals surface area (Å²) in [5.41, 5.74) is 1.33. The molecule has 2 heteroatoms.